The fraction of sp³-hybridized carbons (Fsp3) is 0.438. The van der Waals surface area contributed by atoms with E-state index in [2.05, 4.69) is 9.97 Å². The van der Waals surface area contributed by atoms with Crippen LogP contribution in [0.2, 0.25) is 0 Å². The molecule has 0 N–H and O–H groups in total. The topological polar surface area (TPSA) is 58.6 Å². The minimum atomic E-state index is -0.0194. The third-order valence-corrected chi connectivity index (χ3v) is 4.63. The standard InChI is InChI=1S/C16H20N4O2S/c1-19(2)14-9-17-10-15(18-14)22-12-5-6-20(11-12)16(21)8-13-4-3-7-23-13/h3-4,7,9-10,12H,5-6,8,11H2,1-2H3/t12-/m0/s1. The highest BCUT2D eigenvalue weighted by molar-refractivity contribution is 7.10. The number of nitrogens with zero attached hydrogens (tertiary/aromatic N) is 4. The maximum atomic E-state index is 12.3. The van der Waals surface area contributed by atoms with Gasteiger partial charge in [0.25, 0.3) is 0 Å². The number of amides is 1. The van der Waals surface area contributed by atoms with Crippen molar-refractivity contribution in [1.82, 2.24) is 14.9 Å². The molecule has 122 valence electrons. The van der Waals surface area contributed by atoms with Gasteiger partial charge >= 0.3 is 0 Å². The van der Waals surface area contributed by atoms with Crippen LogP contribution in [0, 0.1) is 0 Å². The van der Waals surface area contributed by atoms with Gasteiger partial charge in [-0.2, -0.15) is 4.98 Å². The molecule has 1 aliphatic heterocycles. The van der Waals surface area contributed by atoms with E-state index in [1.165, 1.54) is 0 Å². The third-order valence-electron chi connectivity index (χ3n) is 3.75. The minimum Gasteiger partial charge on any atom is -0.471 e. The van der Waals surface area contributed by atoms with Crippen LogP contribution in [-0.2, 0) is 11.2 Å². The summed E-state index contributed by atoms with van der Waals surface area (Å²) in [7, 11) is 3.82. The highest BCUT2D eigenvalue weighted by Gasteiger charge is 2.28. The number of aromatic nitrogens is 2. The predicted molar refractivity (Wildman–Crippen MR) is 90.0 cm³/mol. The lowest BCUT2D eigenvalue weighted by atomic mass is 10.3. The summed E-state index contributed by atoms with van der Waals surface area (Å²) in [4.78, 5) is 25.7. The molecule has 0 unspecified atom stereocenters. The van der Waals surface area contributed by atoms with Gasteiger partial charge in [0.15, 0.2) is 5.82 Å². The van der Waals surface area contributed by atoms with Crippen LogP contribution in [-0.4, -0.2) is 54.1 Å². The molecule has 3 heterocycles. The second-order valence-electron chi connectivity index (χ2n) is 5.73. The summed E-state index contributed by atoms with van der Waals surface area (Å²) in [6, 6.07) is 3.97. The second-order valence-corrected chi connectivity index (χ2v) is 6.77. The Morgan fingerprint density at radius 2 is 2.35 bits per heavy atom. The average molecular weight is 332 g/mol. The van der Waals surface area contributed by atoms with E-state index in [1.807, 2.05) is 41.4 Å². The number of hydrogen-bond acceptors (Lipinski definition) is 6. The zero-order valence-electron chi connectivity index (χ0n) is 13.3. The Bertz CT molecular complexity index is 660. The van der Waals surface area contributed by atoms with Gasteiger partial charge in [-0.15, -0.1) is 11.3 Å². The lowest BCUT2D eigenvalue weighted by Crippen LogP contribution is -2.32. The van der Waals surface area contributed by atoms with Gasteiger partial charge in [-0.1, -0.05) is 6.07 Å². The predicted octanol–water partition coefficient (Wildman–Crippen LogP) is 1.83. The van der Waals surface area contributed by atoms with Crippen LogP contribution in [0.1, 0.15) is 11.3 Å². The average Bonchev–Trinajstić information content (AvgIpc) is 3.19. The first-order valence-corrected chi connectivity index (χ1v) is 8.46. The molecule has 2 aromatic heterocycles. The Morgan fingerprint density at radius 1 is 1.48 bits per heavy atom. The summed E-state index contributed by atoms with van der Waals surface area (Å²) in [6.45, 7) is 1.34. The van der Waals surface area contributed by atoms with Crippen molar-refractivity contribution >= 4 is 23.1 Å². The molecule has 2 aromatic rings. The number of rotatable bonds is 5. The number of thiophene rings is 1. The summed E-state index contributed by atoms with van der Waals surface area (Å²) >= 11 is 1.62. The first-order valence-electron chi connectivity index (χ1n) is 7.58. The second kappa shape index (κ2) is 6.95. The summed E-state index contributed by atoms with van der Waals surface area (Å²) < 4.78 is 5.89. The molecule has 23 heavy (non-hydrogen) atoms. The summed E-state index contributed by atoms with van der Waals surface area (Å²) in [5, 5.41) is 1.99. The van der Waals surface area contributed by atoms with Crippen LogP contribution < -0.4 is 9.64 Å². The van der Waals surface area contributed by atoms with E-state index in [-0.39, 0.29) is 12.0 Å². The number of likely N-dealkylation sites (tertiary alicyclic amines) is 1. The van der Waals surface area contributed by atoms with E-state index in [0.717, 1.165) is 23.7 Å². The van der Waals surface area contributed by atoms with E-state index in [4.69, 9.17) is 4.74 Å². The molecule has 1 saturated heterocycles. The molecule has 7 heteroatoms. The van der Waals surface area contributed by atoms with Gasteiger partial charge in [-0.25, -0.2) is 0 Å². The highest BCUT2D eigenvalue weighted by Crippen LogP contribution is 2.19. The molecule has 6 nitrogen and oxygen atoms in total. The molecule has 1 aliphatic rings. The summed E-state index contributed by atoms with van der Waals surface area (Å²) in [5.41, 5.74) is 0. The van der Waals surface area contributed by atoms with Gasteiger partial charge in [0.2, 0.25) is 11.8 Å². The normalized spacial score (nSPS) is 17.3. The molecule has 0 spiro atoms. The smallest absolute Gasteiger partial charge is 0.234 e. The molecule has 0 aliphatic carbocycles. The largest absolute Gasteiger partial charge is 0.471 e. The van der Waals surface area contributed by atoms with Crippen molar-refractivity contribution in [2.24, 2.45) is 0 Å². The van der Waals surface area contributed by atoms with Crippen LogP contribution in [0.4, 0.5) is 5.82 Å². The third kappa shape index (κ3) is 3.98. The van der Waals surface area contributed by atoms with Crippen molar-refractivity contribution in [2.45, 2.75) is 18.9 Å². The molecule has 3 rings (SSSR count). The van der Waals surface area contributed by atoms with Gasteiger partial charge in [-0.05, 0) is 11.4 Å². The minimum absolute atomic E-state index is 0.0194. The van der Waals surface area contributed by atoms with Crippen molar-refractivity contribution in [1.29, 1.82) is 0 Å². The van der Waals surface area contributed by atoms with Crippen molar-refractivity contribution in [3.63, 3.8) is 0 Å². The molecule has 1 fully saturated rings. The number of carbonyl (C=O) groups excluding carboxylic acids is 1. The Hall–Kier alpha value is -2.15. The van der Waals surface area contributed by atoms with E-state index < -0.39 is 0 Å². The quantitative estimate of drug-likeness (QED) is 0.836. The fourth-order valence-corrected chi connectivity index (χ4v) is 3.20. The molecule has 1 amide bonds. The molecule has 0 saturated carbocycles. The van der Waals surface area contributed by atoms with Crippen LogP contribution >= 0.6 is 11.3 Å². The van der Waals surface area contributed by atoms with E-state index in [0.29, 0.717) is 18.8 Å². The zero-order chi connectivity index (χ0) is 16.2. The first kappa shape index (κ1) is 15.7. The molecule has 0 bridgehead atoms. The molecule has 1 atom stereocenters. The van der Waals surface area contributed by atoms with Gasteiger partial charge < -0.3 is 14.5 Å². The Kier molecular flexibility index (Phi) is 4.76. The molecule has 0 radical (unpaired) electrons. The van der Waals surface area contributed by atoms with Crippen LogP contribution in [0.3, 0.4) is 0 Å². The maximum absolute atomic E-state index is 12.3. The number of ether oxygens (including phenoxy) is 1. The Balaban J connectivity index is 1.55. The van der Waals surface area contributed by atoms with Gasteiger partial charge in [0, 0.05) is 31.9 Å². The number of anilines is 1. The van der Waals surface area contributed by atoms with Gasteiger partial charge in [-0.3, -0.25) is 9.78 Å². The van der Waals surface area contributed by atoms with E-state index >= 15 is 0 Å². The van der Waals surface area contributed by atoms with E-state index in [1.54, 1.807) is 23.7 Å². The lowest BCUT2D eigenvalue weighted by molar-refractivity contribution is -0.129. The van der Waals surface area contributed by atoms with Crippen molar-refractivity contribution in [2.75, 3.05) is 32.1 Å². The SMILES string of the molecule is CN(C)c1cncc(O[C@H]2CCN(C(=O)Cc3cccs3)C2)n1. The lowest BCUT2D eigenvalue weighted by Gasteiger charge is -2.17. The number of carbonyl (C=O) groups is 1. The Morgan fingerprint density at radius 3 is 3.09 bits per heavy atom. The van der Waals surface area contributed by atoms with Crippen molar-refractivity contribution in [3.05, 3.63) is 34.8 Å². The molecule has 0 aromatic carbocycles. The van der Waals surface area contributed by atoms with Crippen LogP contribution in [0.15, 0.2) is 29.9 Å². The van der Waals surface area contributed by atoms with Gasteiger partial charge in [0.05, 0.1) is 25.4 Å². The fourth-order valence-electron chi connectivity index (χ4n) is 2.51. The van der Waals surface area contributed by atoms with Crippen molar-refractivity contribution in [3.8, 4) is 5.88 Å². The zero-order valence-corrected chi connectivity index (χ0v) is 14.1. The monoisotopic (exact) mass is 332 g/mol. The highest BCUT2D eigenvalue weighted by atomic mass is 32.1. The van der Waals surface area contributed by atoms with Crippen molar-refractivity contribution < 1.29 is 9.53 Å². The summed E-state index contributed by atoms with van der Waals surface area (Å²) in [6.07, 6.45) is 4.58. The maximum Gasteiger partial charge on any atom is 0.234 e. The van der Waals surface area contributed by atoms with Crippen LogP contribution in [0.25, 0.3) is 0 Å². The summed E-state index contributed by atoms with van der Waals surface area (Å²) in [5.74, 6) is 1.42. The van der Waals surface area contributed by atoms with Gasteiger partial charge in [0.1, 0.15) is 6.10 Å². The Labute approximate surface area is 139 Å². The molecular weight excluding hydrogens is 312 g/mol. The molecular formula is C16H20N4O2S. The first-order chi connectivity index (χ1) is 11.1. The van der Waals surface area contributed by atoms with E-state index in [9.17, 15) is 4.79 Å². The van der Waals surface area contributed by atoms with Crippen LogP contribution in [0.5, 0.6) is 5.88 Å². The number of hydrogen-bond donors (Lipinski definition) is 0.